The summed E-state index contributed by atoms with van der Waals surface area (Å²) in [6.07, 6.45) is 1.56. The summed E-state index contributed by atoms with van der Waals surface area (Å²) in [4.78, 5) is 31.5. The van der Waals surface area contributed by atoms with E-state index < -0.39 is 40.6 Å². The maximum atomic E-state index is 13.5. The summed E-state index contributed by atoms with van der Waals surface area (Å²) in [7, 11) is -3.93. The lowest BCUT2D eigenvalue weighted by Gasteiger charge is -2.26. The van der Waals surface area contributed by atoms with E-state index in [-0.39, 0.29) is 57.7 Å². The van der Waals surface area contributed by atoms with Gasteiger partial charge >= 0.3 is 6.18 Å². The minimum absolute atomic E-state index is 0.00884. The van der Waals surface area contributed by atoms with Crippen molar-refractivity contribution in [2.24, 2.45) is 0 Å². The molecule has 0 radical (unpaired) electrons. The fourth-order valence-electron chi connectivity index (χ4n) is 4.92. The van der Waals surface area contributed by atoms with E-state index in [9.17, 15) is 36.3 Å². The molecule has 0 saturated carbocycles. The molecule has 0 saturated heterocycles. The van der Waals surface area contributed by atoms with Gasteiger partial charge in [0.2, 0.25) is 10.0 Å². The fourth-order valence-corrected chi connectivity index (χ4v) is 5.48. The number of aromatic nitrogens is 3. The molecule has 3 heterocycles. The summed E-state index contributed by atoms with van der Waals surface area (Å²) in [5.41, 5.74) is 6.44. The van der Waals surface area contributed by atoms with Crippen molar-refractivity contribution in [1.29, 1.82) is 0 Å². The van der Waals surface area contributed by atoms with Crippen LogP contribution in [0.3, 0.4) is 0 Å². The maximum Gasteiger partial charge on any atom is 0.408 e. The summed E-state index contributed by atoms with van der Waals surface area (Å²) >= 11 is 0. The van der Waals surface area contributed by atoms with Gasteiger partial charge in [-0.2, -0.15) is 13.2 Å². The fraction of sp³-hybridized carbons (Fsp3) is 0.407. The quantitative estimate of drug-likeness (QED) is 0.223. The number of carbonyl (C=O) groups excluding carboxylic acids is 2. The molecule has 43 heavy (non-hydrogen) atoms. The smallest absolute Gasteiger partial charge is 0.396 e. The number of aliphatic hydroxyl groups excluding tert-OH is 1. The lowest BCUT2D eigenvalue weighted by molar-refractivity contribution is -0.172. The first-order chi connectivity index (χ1) is 20.1. The zero-order chi connectivity index (χ0) is 31.7. The maximum absolute atomic E-state index is 13.5. The van der Waals surface area contributed by atoms with Crippen LogP contribution in [0.2, 0.25) is 0 Å². The number of nitrogens with one attached hydrogen (secondary N) is 2. The van der Waals surface area contributed by atoms with Crippen molar-refractivity contribution in [2.75, 3.05) is 23.3 Å². The molecule has 5 N–H and O–H groups in total. The van der Waals surface area contributed by atoms with E-state index in [1.165, 1.54) is 28.9 Å². The molecule has 2 aromatic heterocycles. The molecule has 1 aromatic carbocycles. The van der Waals surface area contributed by atoms with Crippen LogP contribution in [-0.4, -0.2) is 76.0 Å². The number of amides is 2. The van der Waals surface area contributed by atoms with Gasteiger partial charge in [0.15, 0.2) is 11.5 Å². The van der Waals surface area contributed by atoms with E-state index >= 15 is 0 Å². The van der Waals surface area contributed by atoms with Crippen LogP contribution in [0.1, 0.15) is 58.9 Å². The highest BCUT2D eigenvalue weighted by Gasteiger charge is 2.46. The molecule has 0 fully saturated rings. The van der Waals surface area contributed by atoms with Crippen molar-refractivity contribution in [3.8, 4) is 11.3 Å². The van der Waals surface area contributed by atoms with Gasteiger partial charge in [0, 0.05) is 31.0 Å². The number of alkyl halides is 3. The highest BCUT2D eigenvalue weighted by molar-refractivity contribution is 7.92. The van der Waals surface area contributed by atoms with Crippen molar-refractivity contribution in [3.63, 3.8) is 0 Å². The van der Waals surface area contributed by atoms with E-state index in [2.05, 4.69) is 26.7 Å². The zero-order valence-corrected chi connectivity index (χ0v) is 24.3. The minimum Gasteiger partial charge on any atom is -0.396 e. The number of fused-ring (bicyclic) bond motifs is 2. The first-order valence-electron chi connectivity index (χ1n) is 13.3. The first-order valence-corrected chi connectivity index (χ1v) is 15.2. The number of hydrogen-bond donors (Lipinski definition) is 4. The number of benzene rings is 1. The summed E-state index contributed by atoms with van der Waals surface area (Å²) in [6, 6.07) is 1.88. The molecule has 16 heteroatoms. The molecule has 0 spiro atoms. The van der Waals surface area contributed by atoms with Crippen LogP contribution >= 0.6 is 0 Å². The van der Waals surface area contributed by atoms with Crippen molar-refractivity contribution < 1.29 is 36.3 Å². The van der Waals surface area contributed by atoms with E-state index in [4.69, 9.17) is 5.73 Å². The molecule has 0 bridgehead atoms. The van der Waals surface area contributed by atoms with Crippen LogP contribution in [0.5, 0.6) is 0 Å². The van der Waals surface area contributed by atoms with Crippen molar-refractivity contribution in [1.82, 2.24) is 24.8 Å². The van der Waals surface area contributed by atoms with E-state index in [0.717, 1.165) is 13.2 Å². The van der Waals surface area contributed by atoms with Gasteiger partial charge < -0.3 is 21.1 Å². The number of hydrogen-bond acceptors (Lipinski definition) is 8. The highest BCUT2D eigenvalue weighted by atomic mass is 32.2. The second-order valence-electron chi connectivity index (χ2n) is 10.3. The number of anilines is 2. The van der Waals surface area contributed by atoms with Crippen molar-refractivity contribution in [3.05, 3.63) is 53.7 Å². The average molecular weight is 624 g/mol. The molecule has 1 aliphatic heterocycles. The van der Waals surface area contributed by atoms with Gasteiger partial charge in [-0.25, -0.2) is 17.9 Å². The Kier molecular flexibility index (Phi) is 9.01. The minimum atomic E-state index is -4.70. The molecule has 1 aliphatic rings. The van der Waals surface area contributed by atoms with E-state index in [1.807, 2.05) is 0 Å². The van der Waals surface area contributed by atoms with Gasteiger partial charge in [-0.1, -0.05) is 6.08 Å². The third-order valence-electron chi connectivity index (χ3n) is 7.07. The Morgan fingerprint density at radius 1 is 1.30 bits per heavy atom. The Morgan fingerprint density at radius 2 is 2.02 bits per heavy atom. The first kappa shape index (κ1) is 31.7. The van der Waals surface area contributed by atoms with Crippen LogP contribution in [0.15, 0.2) is 37.1 Å². The largest absolute Gasteiger partial charge is 0.408 e. The molecule has 2 amide bonds. The number of halogens is 3. The van der Waals surface area contributed by atoms with Gasteiger partial charge in [0.1, 0.15) is 11.6 Å². The van der Waals surface area contributed by atoms with Crippen LogP contribution in [0.4, 0.5) is 24.7 Å². The van der Waals surface area contributed by atoms with Crippen molar-refractivity contribution in [2.45, 2.75) is 57.4 Å². The predicted octanol–water partition coefficient (Wildman–Crippen LogP) is 3.09. The monoisotopic (exact) mass is 623 g/mol. The second kappa shape index (κ2) is 12.2. The van der Waals surface area contributed by atoms with Crippen LogP contribution in [0, 0.1) is 0 Å². The van der Waals surface area contributed by atoms with Gasteiger partial charge in [-0.3, -0.25) is 14.3 Å². The number of nitrogen functional groups attached to an aromatic ring is 1. The summed E-state index contributed by atoms with van der Waals surface area (Å²) in [6.45, 7) is 4.10. The SMILES string of the molecule is C=CCCC(CCCO)NC(=O)c1c(N)nn2ccc(-c3cc4c(c(NS(C)(=O)=O)c3)C(=O)N([C@@H](C)C(F)(F)F)C4)nc12. The normalized spacial score (nSPS) is 14.9. The van der Waals surface area contributed by atoms with Crippen molar-refractivity contribution >= 4 is 39.0 Å². The molecule has 3 aromatic rings. The predicted molar refractivity (Wildman–Crippen MR) is 154 cm³/mol. The summed E-state index contributed by atoms with van der Waals surface area (Å²) in [5.74, 6) is -1.60. The lowest BCUT2D eigenvalue weighted by atomic mass is 10.0. The third kappa shape index (κ3) is 6.91. The average Bonchev–Trinajstić information content (AvgIpc) is 3.43. The number of aliphatic hydroxyl groups is 1. The van der Waals surface area contributed by atoms with Crippen LogP contribution in [0.25, 0.3) is 16.9 Å². The number of sulfonamides is 1. The second-order valence-corrected chi connectivity index (χ2v) is 12.1. The Bertz CT molecular complexity index is 1670. The molecule has 232 valence electrons. The van der Waals surface area contributed by atoms with Crippen LogP contribution in [-0.2, 0) is 16.6 Å². The molecule has 4 rings (SSSR count). The Hall–Kier alpha value is -4.18. The Morgan fingerprint density at radius 3 is 2.65 bits per heavy atom. The number of allylic oxidation sites excluding steroid dienone is 1. The lowest BCUT2D eigenvalue weighted by Crippen LogP contribution is -2.43. The zero-order valence-electron chi connectivity index (χ0n) is 23.5. The summed E-state index contributed by atoms with van der Waals surface area (Å²) in [5, 5.41) is 16.3. The van der Waals surface area contributed by atoms with E-state index in [0.29, 0.717) is 30.6 Å². The van der Waals surface area contributed by atoms with Crippen LogP contribution < -0.4 is 15.8 Å². The van der Waals surface area contributed by atoms with Gasteiger partial charge in [0.25, 0.3) is 11.8 Å². The molecular formula is C27H32F3N7O5S. The molecule has 2 atom stereocenters. The number of nitrogens with zero attached hydrogens (tertiary/aromatic N) is 4. The Balaban J connectivity index is 1.77. The Labute approximate surface area is 245 Å². The van der Waals surface area contributed by atoms with Gasteiger partial charge in [-0.05, 0) is 56.4 Å². The molecular weight excluding hydrogens is 591 g/mol. The molecule has 12 nitrogen and oxygen atoms in total. The third-order valence-corrected chi connectivity index (χ3v) is 7.66. The number of nitrogens with two attached hydrogens (primary N) is 1. The van der Waals surface area contributed by atoms with Gasteiger partial charge in [-0.15, -0.1) is 11.7 Å². The molecule has 0 aliphatic carbocycles. The molecule has 1 unspecified atom stereocenters. The van der Waals surface area contributed by atoms with Gasteiger partial charge in [0.05, 0.1) is 23.2 Å². The number of carbonyl (C=O) groups is 2. The number of rotatable bonds is 12. The summed E-state index contributed by atoms with van der Waals surface area (Å²) < 4.78 is 68.2. The highest BCUT2D eigenvalue weighted by Crippen LogP contribution is 2.38. The van der Waals surface area contributed by atoms with E-state index in [1.54, 1.807) is 6.08 Å². The topological polar surface area (TPSA) is 172 Å². The standard InChI is InChI=1S/C27H32F3N7O5S/c1-4-5-7-18(8-6-11-38)32-25(39)22-23(31)34-37-10-9-19(33-24(22)37)16-12-17-14-36(15(2)27(28,29)30)26(40)21(17)20(13-16)35-43(3,41)42/h4,9-10,12-13,15,18,35,38H,1,5-8,11,14H2,2-3H3,(H2,31,34)(H,32,39)/t15-,18?/m0/s1.